The van der Waals surface area contributed by atoms with E-state index in [4.69, 9.17) is 15.2 Å². The minimum atomic E-state index is -0.609. The molecule has 1 fully saturated rings. The second kappa shape index (κ2) is 4.02. The molecule has 0 atom stereocenters. The van der Waals surface area contributed by atoms with Crippen molar-refractivity contribution in [1.29, 1.82) is 0 Å². The third-order valence-corrected chi connectivity index (χ3v) is 4.31. The highest BCUT2D eigenvalue weighted by Gasteiger charge is 2.54. The molecule has 102 valence electrons. The highest BCUT2D eigenvalue weighted by Crippen LogP contribution is 2.48. The molecule has 1 aromatic rings. The van der Waals surface area contributed by atoms with Gasteiger partial charge in [-0.2, -0.15) is 0 Å². The Kier molecular flexibility index (Phi) is 2.66. The zero-order valence-corrected chi connectivity index (χ0v) is 11.2. The molecule has 1 spiro atoms. The molecule has 0 unspecified atom stereocenters. The van der Waals surface area contributed by atoms with Crippen molar-refractivity contribution >= 4 is 12.1 Å². The number of aryl methyl sites for hydroxylation is 1. The molecule has 2 N–H and O–H groups in total. The van der Waals surface area contributed by atoms with Gasteiger partial charge >= 0.3 is 0 Å². The Morgan fingerprint density at radius 3 is 2.68 bits per heavy atom. The van der Waals surface area contributed by atoms with Gasteiger partial charge < -0.3 is 15.2 Å². The smallest absolute Gasteiger partial charge is 0.179 e. The fourth-order valence-corrected chi connectivity index (χ4v) is 3.16. The summed E-state index contributed by atoms with van der Waals surface area (Å²) in [7, 11) is 0. The summed E-state index contributed by atoms with van der Waals surface area (Å²) in [5.74, 6) is -0.334. The van der Waals surface area contributed by atoms with Gasteiger partial charge in [-0.15, -0.1) is 0 Å². The van der Waals surface area contributed by atoms with E-state index in [1.165, 1.54) is 0 Å². The molecule has 2 aliphatic rings. The van der Waals surface area contributed by atoms with Crippen LogP contribution >= 0.6 is 0 Å². The highest BCUT2D eigenvalue weighted by molar-refractivity contribution is 5.82. The number of pyridine rings is 1. The first kappa shape index (κ1) is 12.6. The quantitative estimate of drug-likeness (QED) is 0.775. The molecule has 1 saturated heterocycles. The molecule has 19 heavy (non-hydrogen) atoms. The van der Waals surface area contributed by atoms with Crippen LogP contribution in [0.3, 0.4) is 0 Å². The lowest BCUT2D eigenvalue weighted by atomic mass is 9.70. The number of nitrogens with two attached hydrogens (primary N) is 1. The van der Waals surface area contributed by atoms with Crippen LogP contribution in [0.5, 0.6) is 0 Å². The van der Waals surface area contributed by atoms with E-state index in [2.05, 4.69) is 18.8 Å². The minimum absolute atomic E-state index is 0.275. The topological polar surface area (TPSA) is 74.4 Å². The number of carbonyl (C=O) groups excluding carboxylic acids is 1. The number of ether oxygens (including phenoxy) is 2. The van der Waals surface area contributed by atoms with E-state index in [-0.39, 0.29) is 11.2 Å². The Morgan fingerprint density at radius 1 is 1.37 bits per heavy atom. The van der Waals surface area contributed by atoms with Crippen molar-refractivity contribution < 1.29 is 14.3 Å². The van der Waals surface area contributed by atoms with E-state index in [0.717, 1.165) is 30.4 Å². The second-order valence-corrected chi connectivity index (χ2v) is 5.66. The van der Waals surface area contributed by atoms with Crippen molar-refractivity contribution in [2.24, 2.45) is 0 Å². The van der Waals surface area contributed by atoms with E-state index in [9.17, 15) is 4.79 Å². The van der Waals surface area contributed by atoms with Crippen molar-refractivity contribution in [1.82, 2.24) is 4.98 Å². The summed E-state index contributed by atoms with van der Waals surface area (Å²) in [4.78, 5) is 15.4. The summed E-state index contributed by atoms with van der Waals surface area (Å²) in [5, 5.41) is 0. The number of hydrogen-bond donors (Lipinski definition) is 1. The third-order valence-electron chi connectivity index (χ3n) is 4.31. The van der Waals surface area contributed by atoms with E-state index in [1.54, 1.807) is 0 Å². The summed E-state index contributed by atoms with van der Waals surface area (Å²) in [6.07, 6.45) is 2.31. The van der Waals surface area contributed by atoms with Crippen LogP contribution in [0.4, 0.5) is 5.82 Å². The molecule has 3 rings (SSSR count). The second-order valence-electron chi connectivity index (χ2n) is 5.66. The molecule has 0 amide bonds. The van der Waals surface area contributed by atoms with Crippen molar-refractivity contribution in [3.05, 3.63) is 22.9 Å². The molecule has 0 aromatic carbocycles. The Bertz CT molecular complexity index is 534. The normalized spacial score (nSPS) is 23.3. The number of nitrogens with zero attached hydrogens (tertiary/aromatic N) is 1. The van der Waals surface area contributed by atoms with Crippen LogP contribution < -0.4 is 5.73 Å². The van der Waals surface area contributed by atoms with Crippen LogP contribution in [0.15, 0.2) is 6.07 Å². The summed E-state index contributed by atoms with van der Waals surface area (Å²) in [6.45, 7) is 5.34. The summed E-state index contributed by atoms with van der Waals surface area (Å²) >= 11 is 0. The first-order valence-electron chi connectivity index (χ1n) is 6.53. The molecule has 0 bridgehead atoms. The molecule has 1 aliphatic heterocycles. The van der Waals surface area contributed by atoms with E-state index >= 15 is 0 Å². The molecular formula is C14H18N2O3. The number of fused-ring (bicyclic) bond motifs is 1. The number of rotatable bonds is 1. The summed E-state index contributed by atoms with van der Waals surface area (Å²) < 4.78 is 11.8. The van der Waals surface area contributed by atoms with Crippen LogP contribution in [0.25, 0.3) is 0 Å². The van der Waals surface area contributed by atoms with Gasteiger partial charge in [0.25, 0.3) is 0 Å². The average Bonchev–Trinajstić information content (AvgIpc) is 2.85. The maximum atomic E-state index is 11.0. The first-order valence-corrected chi connectivity index (χ1v) is 6.53. The van der Waals surface area contributed by atoms with Crippen molar-refractivity contribution in [3.8, 4) is 0 Å². The molecule has 5 heteroatoms. The minimum Gasteiger partial charge on any atom is -0.383 e. The van der Waals surface area contributed by atoms with Crippen molar-refractivity contribution in [2.75, 3.05) is 18.9 Å². The predicted molar refractivity (Wildman–Crippen MR) is 70.0 cm³/mol. The fraction of sp³-hybridized carbons (Fsp3) is 0.571. The van der Waals surface area contributed by atoms with Gasteiger partial charge in [0, 0.05) is 6.42 Å². The number of hydrogen-bond acceptors (Lipinski definition) is 5. The Balaban J connectivity index is 2.14. The standard InChI is InChI=1S/C14H18N2O3/c1-13(2)11-9(7-10(8-17)12(15)16-11)3-4-14(13)18-5-6-19-14/h7-8H,3-6H2,1-2H3,(H2,15,16). The van der Waals surface area contributed by atoms with Crippen LogP contribution in [0, 0.1) is 0 Å². The SMILES string of the molecule is CC1(C)c2nc(N)c(C=O)cc2CCC12OCCO2. The Labute approximate surface area is 112 Å². The Hall–Kier alpha value is -1.46. The van der Waals surface area contributed by atoms with E-state index in [0.29, 0.717) is 18.8 Å². The molecule has 1 aliphatic carbocycles. The first-order chi connectivity index (χ1) is 9.00. The molecule has 5 nitrogen and oxygen atoms in total. The summed E-state index contributed by atoms with van der Waals surface area (Å²) in [6, 6.07) is 1.84. The zero-order valence-electron chi connectivity index (χ0n) is 11.2. The van der Waals surface area contributed by atoms with E-state index in [1.807, 2.05) is 6.07 Å². The predicted octanol–water partition coefficient (Wildman–Crippen LogP) is 1.44. The number of nitrogen functional groups attached to an aromatic ring is 1. The monoisotopic (exact) mass is 262 g/mol. The van der Waals surface area contributed by atoms with Gasteiger partial charge in [-0.3, -0.25) is 4.79 Å². The van der Waals surface area contributed by atoms with Gasteiger partial charge in [0.2, 0.25) is 0 Å². The Morgan fingerprint density at radius 2 is 2.05 bits per heavy atom. The zero-order chi connectivity index (χ0) is 13.7. The molecular weight excluding hydrogens is 244 g/mol. The number of aldehydes is 1. The lowest BCUT2D eigenvalue weighted by molar-refractivity contribution is -0.210. The molecule has 2 heterocycles. The van der Waals surface area contributed by atoms with Gasteiger partial charge in [-0.25, -0.2) is 4.98 Å². The van der Waals surface area contributed by atoms with Crippen LogP contribution in [0.1, 0.15) is 41.9 Å². The van der Waals surface area contributed by atoms with E-state index < -0.39 is 5.79 Å². The average molecular weight is 262 g/mol. The molecule has 1 aromatic heterocycles. The number of anilines is 1. The lowest BCUT2D eigenvalue weighted by Crippen LogP contribution is -2.52. The maximum absolute atomic E-state index is 11.0. The number of carbonyl (C=O) groups is 1. The fourth-order valence-electron chi connectivity index (χ4n) is 3.16. The van der Waals surface area contributed by atoms with Gasteiger partial charge in [0.15, 0.2) is 12.1 Å². The molecule has 0 radical (unpaired) electrons. The van der Waals surface area contributed by atoms with Crippen LogP contribution in [0.2, 0.25) is 0 Å². The van der Waals surface area contributed by atoms with Crippen LogP contribution in [-0.2, 0) is 21.3 Å². The molecule has 0 saturated carbocycles. The van der Waals surface area contributed by atoms with Gasteiger partial charge in [0.05, 0.1) is 29.9 Å². The van der Waals surface area contributed by atoms with Crippen molar-refractivity contribution in [3.63, 3.8) is 0 Å². The van der Waals surface area contributed by atoms with Gasteiger partial charge in [0.1, 0.15) is 5.82 Å². The van der Waals surface area contributed by atoms with Crippen molar-refractivity contribution in [2.45, 2.75) is 37.9 Å². The highest BCUT2D eigenvalue weighted by atomic mass is 16.7. The third kappa shape index (κ3) is 1.61. The lowest BCUT2D eigenvalue weighted by Gasteiger charge is -2.45. The summed E-state index contributed by atoms with van der Waals surface area (Å²) in [5.41, 5.74) is 7.85. The maximum Gasteiger partial charge on any atom is 0.179 e. The largest absolute Gasteiger partial charge is 0.383 e. The number of aromatic nitrogens is 1. The van der Waals surface area contributed by atoms with Gasteiger partial charge in [-0.1, -0.05) is 0 Å². The van der Waals surface area contributed by atoms with Gasteiger partial charge in [-0.05, 0) is 31.9 Å². The van der Waals surface area contributed by atoms with Crippen LogP contribution in [-0.4, -0.2) is 30.3 Å².